The molecule has 1 fully saturated rings. The van der Waals surface area contributed by atoms with Gasteiger partial charge in [0.15, 0.2) is 5.17 Å². The van der Waals surface area contributed by atoms with Gasteiger partial charge in [-0.15, -0.1) is 0 Å². The molecule has 0 unspecified atom stereocenters. The van der Waals surface area contributed by atoms with E-state index < -0.39 is 28.0 Å². The number of non-ortho nitro benzene ring substituents is 1. The van der Waals surface area contributed by atoms with Crippen molar-refractivity contribution in [2.24, 2.45) is 10.9 Å². The van der Waals surface area contributed by atoms with Crippen LogP contribution < -0.4 is 5.32 Å². The van der Waals surface area contributed by atoms with E-state index in [4.69, 9.17) is 14.5 Å². The second-order valence-electron chi connectivity index (χ2n) is 8.12. The number of nitrogens with zero attached hydrogens (tertiary/aromatic N) is 2. The summed E-state index contributed by atoms with van der Waals surface area (Å²) in [6, 6.07) is 3.47. The molecule has 1 aromatic carbocycles. The largest absolute Gasteiger partial charge is 0.444 e. The number of thioether (sulfide) groups is 1. The smallest absolute Gasteiger partial charge is 0.413 e. The highest BCUT2D eigenvalue weighted by Crippen LogP contribution is 2.52. The van der Waals surface area contributed by atoms with Crippen molar-refractivity contribution in [1.82, 2.24) is 5.32 Å². The Morgan fingerprint density at radius 2 is 2.17 bits per heavy atom. The van der Waals surface area contributed by atoms with Crippen LogP contribution in [0.25, 0.3) is 0 Å². The van der Waals surface area contributed by atoms with E-state index in [2.05, 4.69) is 5.32 Å². The minimum absolute atomic E-state index is 0.153. The maximum atomic E-state index is 14.8. The number of alkyl carbamates (subject to hydrolysis) is 1. The van der Waals surface area contributed by atoms with Crippen molar-refractivity contribution in [2.45, 2.75) is 50.9 Å². The minimum Gasteiger partial charge on any atom is -0.444 e. The monoisotopic (exact) mass is 425 g/mol. The van der Waals surface area contributed by atoms with Crippen LogP contribution in [-0.2, 0) is 15.0 Å². The molecule has 0 bridgehead atoms. The molecule has 3 atom stereocenters. The molecule has 0 radical (unpaired) electrons. The Morgan fingerprint density at radius 1 is 1.45 bits per heavy atom. The van der Waals surface area contributed by atoms with Gasteiger partial charge in [0, 0.05) is 36.5 Å². The van der Waals surface area contributed by atoms with Crippen molar-refractivity contribution in [3.05, 3.63) is 39.7 Å². The fourth-order valence-electron chi connectivity index (χ4n) is 3.91. The number of nitro groups is 1. The van der Waals surface area contributed by atoms with Crippen LogP contribution >= 0.6 is 11.8 Å². The molecule has 158 valence electrons. The zero-order chi connectivity index (χ0) is 21.4. The van der Waals surface area contributed by atoms with Gasteiger partial charge in [-0.25, -0.2) is 9.18 Å². The Labute approximate surface area is 172 Å². The van der Waals surface area contributed by atoms with Gasteiger partial charge in [-0.3, -0.25) is 20.4 Å². The molecule has 0 aromatic heterocycles. The third kappa shape index (κ3) is 4.37. The molecule has 2 aliphatic rings. The van der Waals surface area contributed by atoms with Gasteiger partial charge in [-0.05, 0) is 39.7 Å². The van der Waals surface area contributed by atoms with Crippen LogP contribution in [0.1, 0.15) is 39.2 Å². The normalized spacial score (nSPS) is 26.4. The van der Waals surface area contributed by atoms with Gasteiger partial charge in [0.25, 0.3) is 5.69 Å². The average molecular weight is 425 g/mol. The van der Waals surface area contributed by atoms with Crippen LogP contribution in [0.15, 0.2) is 23.2 Å². The molecule has 3 rings (SSSR count). The van der Waals surface area contributed by atoms with Crippen LogP contribution in [0.2, 0.25) is 0 Å². The van der Waals surface area contributed by atoms with Gasteiger partial charge in [-0.1, -0.05) is 11.8 Å². The van der Waals surface area contributed by atoms with E-state index in [1.54, 1.807) is 27.9 Å². The number of ether oxygens (including phenoxy) is 2. The second-order valence-corrected chi connectivity index (χ2v) is 9.13. The Balaban J connectivity index is 2.02. The quantitative estimate of drug-likeness (QED) is 0.580. The van der Waals surface area contributed by atoms with Crippen LogP contribution in [0.5, 0.6) is 0 Å². The van der Waals surface area contributed by atoms with Crippen molar-refractivity contribution < 1.29 is 23.6 Å². The summed E-state index contributed by atoms with van der Waals surface area (Å²) in [6.45, 7) is 5.25. The molecule has 1 aromatic rings. The Kier molecular flexibility index (Phi) is 5.86. The molecule has 1 aliphatic heterocycles. The second kappa shape index (κ2) is 7.91. The Hall–Kier alpha value is -2.20. The number of carbonyl (C=O) groups is 1. The van der Waals surface area contributed by atoms with Crippen LogP contribution in [0.4, 0.5) is 14.9 Å². The van der Waals surface area contributed by atoms with E-state index in [-0.39, 0.29) is 23.3 Å². The molecule has 1 saturated carbocycles. The highest BCUT2D eigenvalue weighted by Gasteiger charge is 2.53. The number of nitrogens with one attached hydrogen (secondary N) is 1. The number of fused-ring (bicyclic) bond motifs is 1. The fourth-order valence-corrected chi connectivity index (χ4v) is 5.12. The van der Waals surface area contributed by atoms with E-state index in [1.807, 2.05) is 0 Å². The van der Waals surface area contributed by atoms with E-state index >= 15 is 0 Å². The Bertz CT molecular complexity index is 857. The zero-order valence-electron chi connectivity index (χ0n) is 16.7. The first-order valence-corrected chi connectivity index (χ1v) is 10.2. The molecule has 8 nitrogen and oxygen atoms in total. The summed E-state index contributed by atoms with van der Waals surface area (Å²) in [6.07, 6.45) is 0.271. The number of hydrogen-bond donors (Lipinski definition) is 1. The van der Waals surface area contributed by atoms with Crippen molar-refractivity contribution in [1.29, 1.82) is 0 Å². The molecule has 10 heteroatoms. The maximum Gasteiger partial charge on any atom is 0.413 e. The SMILES string of the molecule is CO[C@H]1CC[C@]2(c3cc([N+](=O)[O-])ccc3F)N=C(NC(=O)OC(C)(C)C)SC[C@H]12. The minimum atomic E-state index is -1.05. The molecule has 0 saturated heterocycles. The molecular formula is C19H24FN3O5S. The number of nitro benzene ring substituents is 1. The summed E-state index contributed by atoms with van der Waals surface area (Å²) in [5, 5.41) is 14.2. The van der Waals surface area contributed by atoms with Gasteiger partial charge in [0.2, 0.25) is 0 Å². The third-order valence-corrected chi connectivity index (χ3v) is 6.10. The van der Waals surface area contributed by atoms with Gasteiger partial charge in [-0.2, -0.15) is 0 Å². The fraction of sp³-hybridized carbons (Fsp3) is 0.579. The summed E-state index contributed by atoms with van der Waals surface area (Å²) < 4.78 is 25.7. The molecule has 1 heterocycles. The summed E-state index contributed by atoms with van der Waals surface area (Å²) in [7, 11) is 1.59. The van der Waals surface area contributed by atoms with E-state index in [0.29, 0.717) is 23.8 Å². The van der Waals surface area contributed by atoms with Gasteiger partial charge in [0.1, 0.15) is 11.4 Å². The van der Waals surface area contributed by atoms with Gasteiger partial charge in [0.05, 0.1) is 16.6 Å². The number of hydrogen-bond acceptors (Lipinski definition) is 7. The number of carbonyl (C=O) groups excluding carboxylic acids is 1. The first-order valence-electron chi connectivity index (χ1n) is 9.25. The topological polar surface area (TPSA) is 103 Å². The van der Waals surface area contributed by atoms with E-state index in [9.17, 15) is 19.3 Å². The van der Waals surface area contributed by atoms with Crippen LogP contribution in [-0.4, -0.2) is 40.8 Å². The lowest BCUT2D eigenvalue weighted by molar-refractivity contribution is -0.385. The van der Waals surface area contributed by atoms with E-state index in [0.717, 1.165) is 12.1 Å². The number of benzene rings is 1. The molecule has 29 heavy (non-hydrogen) atoms. The lowest BCUT2D eigenvalue weighted by Gasteiger charge is -2.38. The van der Waals surface area contributed by atoms with Crippen molar-refractivity contribution >= 4 is 28.7 Å². The van der Waals surface area contributed by atoms with Crippen molar-refractivity contribution in [3.8, 4) is 0 Å². The van der Waals surface area contributed by atoms with Gasteiger partial charge >= 0.3 is 6.09 Å². The molecule has 1 aliphatic carbocycles. The number of rotatable bonds is 3. The number of amidine groups is 1. The highest BCUT2D eigenvalue weighted by molar-refractivity contribution is 8.13. The summed E-state index contributed by atoms with van der Waals surface area (Å²) in [4.78, 5) is 27.6. The number of halogens is 1. The first kappa shape index (κ1) is 21.5. The van der Waals surface area contributed by atoms with Crippen LogP contribution in [0, 0.1) is 21.8 Å². The number of aliphatic imine (C=N–C) groups is 1. The molecule has 1 amide bonds. The Morgan fingerprint density at radius 3 is 2.79 bits per heavy atom. The maximum absolute atomic E-state index is 14.8. The van der Waals surface area contributed by atoms with Crippen LogP contribution in [0.3, 0.4) is 0 Å². The predicted molar refractivity (Wildman–Crippen MR) is 108 cm³/mol. The predicted octanol–water partition coefficient (Wildman–Crippen LogP) is 3.98. The average Bonchev–Trinajstić information content (AvgIpc) is 2.98. The summed E-state index contributed by atoms with van der Waals surface area (Å²) in [5.41, 5.74) is -1.78. The first-order chi connectivity index (χ1) is 13.6. The van der Waals surface area contributed by atoms with E-state index in [1.165, 1.54) is 17.8 Å². The standard InChI is InChI=1S/C19H24FN3O5S/c1-18(2,3)28-17(24)21-16-22-19(8-7-15(27-4)13(19)10-29-16)12-9-11(23(25)26)5-6-14(12)20/h5-6,9,13,15H,7-8,10H2,1-4H3,(H,21,22,24)/t13-,15+,19-/m1/s1. The van der Waals surface area contributed by atoms with Gasteiger partial charge < -0.3 is 9.47 Å². The molecular weight excluding hydrogens is 401 g/mol. The third-order valence-electron chi connectivity index (χ3n) is 5.11. The molecule has 1 N–H and O–H groups in total. The molecule has 0 spiro atoms. The van der Waals surface area contributed by atoms with Crippen molar-refractivity contribution in [3.63, 3.8) is 0 Å². The summed E-state index contributed by atoms with van der Waals surface area (Å²) >= 11 is 1.32. The zero-order valence-corrected chi connectivity index (χ0v) is 17.5. The highest BCUT2D eigenvalue weighted by atomic mass is 32.2. The number of amides is 1. The lowest BCUT2D eigenvalue weighted by Crippen LogP contribution is -2.44. The lowest BCUT2D eigenvalue weighted by atomic mass is 9.80. The van der Waals surface area contributed by atoms with Crippen molar-refractivity contribution in [2.75, 3.05) is 12.9 Å². The summed E-state index contributed by atoms with van der Waals surface area (Å²) in [5.74, 6) is -0.224. The number of methoxy groups -OCH3 is 1.